The van der Waals surface area contributed by atoms with Gasteiger partial charge in [-0.3, -0.25) is 4.79 Å². The first-order valence-electron chi connectivity index (χ1n) is 5.06. The monoisotopic (exact) mass is 210 g/mol. The summed E-state index contributed by atoms with van der Waals surface area (Å²) in [6, 6.07) is 0. The van der Waals surface area contributed by atoms with Crippen LogP contribution >= 0.6 is 0 Å². The molecule has 4 nitrogen and oxygen atoms in total. The Balaban J connectivity index is 2.65. The van der Waals surface area contributed by atoms with Crippen LogP contribution in [0.15, 0.2) is 6.33 Å². The first kappa shape index (κ1) is 11.8. The molecule has 0 bridgehead atoms. The molecule has 0 aliphatic rings. The molecular weight excluding hydrogens is 192 g/mol. The van der Waals surface area contributed by atoms with E-state index >= 15 is 0 Å². The summed E-state index contributed by atoms with van der Waals surface area (Å²) in [6.45, 7) is 8.14. The van der Waals surface area contributed by atoms with E-state index < -0.39 is 11.4 Å². The third-order valence-electron chi connectivity index (χ3n) is 2.90. The van der Waals surface area contributed by atoms with Gasteiger partial charge in [0.1, 0.15) is 0 Å². The lowest BCUT2D eigenvalue weighted by Crippen LogP contribution is -2.25. The molecule has 1 heterocycles. The molecule has 0 amide bonds. The van der Waals surface area contributed by atoms with Crippen LogP contribution in [0.4, 0.5) is 0 Å². The summed E-state index contributed by atoms with van der Waals surface area (Å²) in [5, 5.41) is 8.97. The van der Waals surface area contributed by atoms with Gasteiger partial charge in [0.15, 0.2) is 0 Å². The average molecular weight is 210 g/mol. The number of rotatable bonds is 4. The summed E-state index contributed by atoms with van der Waals surface area (Å²) in [6.07, 6.45) is 2.38. The van der Waals surface area contributed by atoms with Crippen molar-refractivity contribution in [3.8, 4) is 0 Å². The van der Waals surface area contributed by atoms with Gasteiger partial charge in [-0.05, 0) is 34.1 Å². The first-order chi connectivity index (χ1) is 6.84. The minimum absolute atomic E-state index is 0.610. The molecule has 0 aromatic carbocycles. The predicted molar refractivity (Wildman–Crippen MR) is 57.7 cm³/mol. The number of aliphatic carboxylic acids is 1. The number of hydrogen-bond donors (Lipinski definition) is 1. The number of imidazole rings is 1. The Morgan fingerprint density at radius 1 is 1.53 bits per heavy atom. The number of carboxylic acids is 1. The topological polar surface area (TPSA) is 55.1 Å². The van der Waals surface area contributed by atoms with Crippen molar-refractivity contribution in [1.29, 1.82) is 0 Å². The molecule has 1 N–H and O–H groups in total. The second kappa shape index (κ2) is 4.04. The van der Waals surface area contributed by atoms with Gasteiger partial charge in [-0.2, -0.15) is 0 Å². The first-order valence-corrected chi connectivity index (χ1v) is 5.06. The van der Waals surface area contributed by atoms with Crippen molar-refractivity contribution >= 4 is 5.97 Å². The van der Waals surface area contributed by atoms with E-state index in [0.717, 1.165) is 11.4 Å². The number of carbonyl (C=O) groups is 1. The summed E-state index contributed by atoms with van der Waals surface area (Å²) in [7, 11) is 0. The van der Waals surface area contributed by atoms with Gasteiger partial charge < -0.3 is 9.67 Å². The zero-order chi connectivity index (χ0) is 11.6. The van der Waals surface area contributed by atoms with Gasteiger partial charge >= 0.3 is 5.97 Å². The molecule has 0 spiro atoms. The molecule has 0 fully saturated rings. The molecule has 0 saturated carbocycles. The molecule has 1 aromatic rings. The van der Waals surface area contributed by atoms with Crippen LogP contribution in [0.5, 0.6) is 0 Å². The molecule has 0 atom stereocenters. The van der Waals surface area contributed by atoms with Gasteiger partial charge in [0.05, 0.1) is 17.4 Å². The van der Waals surface area contributed by atoms with E-state index in [-0.39, 0.29) is 0 Å². The molecule has 0 radical (unpaired) electrons. The van der Waals surface area contributed by atoms with Gasteiger partial charge in [-0.15, -0.1) is 0 Å². The van der Waals surface area contributed by atoms with Gasteiger partial charge in [0, 0.05) is 12.2 Å². The van der Waals surface area contributed by atoms with Gasteiger partial charge in [-0.25, -0.2) is 4.98 Å². The minimum Gasteiger partial charge on any atom is -0.481 e. The fourth-order valence-corrected chi connectivity index (χ4v) is 1.28. The molecule has 0 saturated heterocycles. The quantitative estimate of drug-likeness (QED) is 0.827. The van der Waals surface area contributed by atoms with Gasteiger partial charge in [0.25, 0.3) is 0 Å². The molecule has 0 aliphatic carbocycles. The minimum atomic E-state index is -0.753. The van der Waals surface area contributed by atoms with E-state index in [9.17, 15) is 4.79 Å². The summed E-state index contributed by atoms with van der Waals surface area (Å²) in [4.78, 5) is 15.1. The van der Waals surface area contributed by atoms with Crippen LogP contribution in [0.25, 0.3) is 0 Å². The van der Waals surface area contributed by atoms with Crippen LogP contribution in [-0.4, -0.2) is 20.6 Å². The molecular formula is C11H18N2O2. The van der Waals surface area contributed by atoms with Crippen LogP contribution in [0.3, 0.4) is 0 Å². The third-order valence-corrected chi connectivity index (χ3v) is 2.90. The highest BCUT2D eigenvalue weighted by Crippen LogP contribution is 2.21. The van der Waals surface area contributed by atoms with Crippen molar-refractivity contribution in [1.82, 2.24) is 9.55 Å². The largest absolute Gasteiger partial charge is 0.481 e. The lowest BCUT2D eigenvalue weighted by Gasteiger charge is -2.19. The van der Waals surface area contributed by atoms with E-state index in [2.05, 4.69) is 4.98 Å². The number of aromatic nitrogens is 2. The summed E-state index contributed by atoms with van der Waals surface area (Å²) in [5.74, 6) is -0.753. The number of carboxylic acid groups (broad SMARTS) is 1. The molecule has 0 aliphatic heterocycles. The van der Waals surface area contributed by atoms with E-state index in [4.69, 9.17) is 5.11 Å². The standard InChI is InChI=1S/C11H18N2O2/c1-8-9(2)13(7-12-8)6-5-11(3,4)10(14)15/h7H,5-6H2,1-4H3,(H,14,15). The number of hydrogen-bond acceptors (Lipinski definition) is 2. The highest BCUT2D eigenvalue weighted by atomic mass is 16.4. The van der Waals surface area contributed by atoms with Crippen LogP contribution in [-0.2, 0) is 11.3 Å². The molecule has 1 rings (SSSR count). The fraction of sp³-hybridized carbons (Fsp3) is 0.636. The third kappa shape index (κ3) is 2.58. The molecule has 15 heavy (non-hydrogen) atoms. The van der Waals surface area contributed by atoms with Crippen molar-refractivity contribution < 1.29 is 9.90 Å². The van der Waals surface area contributed by atoms with Crippen molar-refractivity contribution in [3.63, 3.8) is 0 Å². The summed E-state index contributed by atoms with van der Waals surface area (Å²) < 4.78 is 2.00. The zero-order valence-corrected chi connectivity index (χ0v) is 9.74. The van der Waals surface area contributed by atoms with E-state index in [0.29, 0.717) is 13.0 Å². The molecule has 1 aromatic heterocycles. The maximum Gasteiger partial charge on any atom is 0.309 e. The van der Waals surface area contributed by atoms with Crippen molar-refractivity contribution in [2.45, 2.75) is 40.7 Å². The molecule has 4 heteroatoms. The summed E-state index contributed by atoms with van der Waals surface area (Å²) in [5.41, 5.74) is 1.43. The highest BCUT2D eigenvalue weighted by Gasteiger charge is 2.26. The Hall–Kier alpha value is -1.32. The van der Waals surface area contributed by atoms with E-state index in [1.54, 1.807) is 20.2 Å². The van der Waals surface area contributed by atoms with Crippen molar-refractivity contribution in [2.24, 2.45) is 5.41 Å². The number of nitrogens with zero attached hydrogens (tertiary/aromatic N) is 2. The zero-order valence-electron chi connectivity index (χ0n) is 9.74. The maximum atomic E-state index is 10.9. The smallest absolute Gasteiger partial charge is 0.309 e. The second-order valence-electron chi connectivity index (χ2n) is 4.55. The molecule has 0 unspecified atom stereocenters. The van der Waals surface area contributed by atoms with E-state index in [1.165, 1.54) is 0 Å². The Bertz CT molecular complexity index is 367. The average Bonchev–Trinajstić information content (AvgIpc) is 2.45. The van der Waals surface area contributed by atoms with Crippen molar-refractivity contribution in [3.05, 3.63) is 17.7 Å². The van der Waals surface area contributed by atoms with Crippen LogP contribution in [0, 0.1) is 19.3 Å². The predicted octanol–water partition coefficient (Wildman–Crippen LogP) is 2.00. The van der Waals surface area contributed by atoms with E-state index in [1.807, 2.05) is 18.4 Å². The Morgan fingerprint density at radius 2 is 2.13 bits per heavy atom. The SMILES string of the molecule is Cc1ncn(CCC(C)(C)C(=O)O)c1C. The lowest BCUT2D eigenvalue weighted by atomic mass is 9.89. The maximum absolute atomic E-state index is 10.9. The molecule has 84 valence electrons. The van der Waals surface area contributed by atoms with Crippen LogP contribution in [0.1, 0.15) is 31.7 Å². The Morgan fingerprint density at radius 3 is 2.53 bits per heavy atom. The Labute approximate surface area is 89.9 Å². The second-order valence-corrected chi connectivity index (χ2v) is 4.55. The van der Waals surface area contributed by atoms with Gasteiger partial charge in [-0.1, -0.05) is 0 Å². The number of aryl methyl sites for hydroxylation is 2. The van der Waals surface area contributed by atoms with Crippen molar-refractivity contribution in [2.75, 3.05) is 0 Å². The lowest BCUT2D eigenvalue weighted by molar-refractivity contribution is -0.147. The van der Waals surface area contributed by atoms with Crippen LogP contribution in [0.2, 0.25) is 0 Å². The summed E-state index contributed by atoms with van der Waals surface area (Å²) >= 11 is 0. The van der Waals surface area contributed by atoms with Crippen LogP contribution < -0.4 is 0 Å². The normalized spacial score (nSPS) is 11.7. The Kier molecular flexibility index (Phi) is 3.17. The highest BCUT2D eigenvalue weighted by molar-refractivity contribution is 5.73. The fourth-order valence-electron chi connectivity index (χ4n) is 1.28. The van der Waals surface area contributed by atoms with Gasteiger partial charge in [0.2, 0.25) is 0 Å².